The number of furan rings is 1. The first-order valence-electron chi connectivity index (χ1n) is 5.21. The molecule has 2 heterocycles. The van der Waals surface area contributed by atoms with Crippen molar-refractivity contribution in [2.75, 3.05) is 6.26 Å². The van der Waals surface area contributed by atoms with Crippen LogP contribution in [0.2, 0.25) is 0 Å². The quantitative estimate of drug-likeness (QED) is 0.897. The van der Waals surface area contributed by atoms with Crippen LogP contribution in [0.3, 0.4) is 0 Å². The van der Waals surface area contributed by atoms with Gasteiger partial charge in [0.2, 0.25) is 15.9 Å². The number of sulfonamides is 1. The Morgan fingerprint density at radius 1 is 1.50 bits per heavy atom. The standard InChI is InChI=1S/C11H12N2O4S/c1-7(11(14)13-18(2,15)16)9-6-17-10-3-4-12-5-8(9)10/h3-7H,1-2H3,(H,13,14). The van der Waals surface area contributed by atoms with Crippen molar-refractivity contribution in [1.29, 1.82) is 0 Å². The molecule has 2 aromatic heterocycles. The number of rotatable bonds is 3. The molecule has 0 saturated heterocycles. The van der Waals surface area contributed by atoms with Crippen molar-refractivity contribution in [3.63, 3.8) is 0 Å². The van der Waals surface area contributed by atoms with Crippen molar-refractivity contribution in [2.45, 2.75) is 12.8 Å². The Hall–Kier alpha value is -1.89. The first kappa shape index (κ1) is 12.6. The molecule has 0 aliphatic carbocycles. The third-order valence-corrected chi connectivity index (χ3v) is 3.12. The smallest absolute Gasteiger partial charge is 0.240 e. The van der Waals surface area contributed by atoms with Gasteiger partial charge in [-0.15, -0.1) is 0 Å². The molecule has 1 atom stereocenters. The second-order valence-corrected chi connectivity index (χ2v) is 5.77. The Labute approximate surface area is 104 Å². The number of nitrogens with one attached hydrogen (secondary N) is 1. The highest BCUT2D eigenvalue weighted by Gasteiger charge is 2.22. The number of amides is 1. The number of hydrogen-bond donors (Lipinski definition) is 1. The minimum Gasteiger partial charge on any atom is -0.464 e. The number of fused-ring (bicyclic) bond motifs is 1. The van der Waals surface area contributed by atoms with E-state index in [4.69, 9.17) is 4.42 Å². The van der Waals surface area contributed by atoms with Gasteiger partial charge in [-0.2, -0.15) is 0 Å². The molecule has 6 nitrogen and oxygen atoms in total. The fourth-order valence-corrected chi connectivity index (χ4v) is 2.18. The van der Waals surface area contributed by atoms with Crippen LogP contribution in [-0.2, 0) is 14.8 Å². The van der Waals surface area contributed by atoms with Gasteiger partial charge in [-0.25, -0.2) is 8.42 Å². The largest absolute Gasteiger partial charge is 0.464 e. The molecular weight excluding hydrogens is 256 g/mol. The Morgan fingerprint density at radius 3 is 2.89 bits per heavy atom. The normalized spacial score (nSPS) is 13.4. The first-order chi connectivity index (χ1) is 8.38. The van der Waals surface area contributed by atoms with Gasteiger partial charge in [0, 0.05) is 23.3 Å². The van der Waals surface area contributed by atoms with E-state index in [9.17, 15) is 13.2 Å². The zero-order valence-electron chi connectivity index (χ0n) is 9.88. The molecule has 0 aliphatic rings. The SMILES string of the molecule is CC(C(=O)NS(C)(=O)=O)c1coc2ccncc12. The van der Waals surface area contributed by atoms with Gasteiger partial charge in [-0.05, 0) is 13.0 Å². The summed E-state index contributed by atoms with van der Waals surface area (Å²) < 4.78 is 29.2. The lowest BCUT2D eigenvalue weighted by Gasteiger charge is -2.09. The van der Waals surface area contributed by atoms with Crippen LogP contribution in [0, 0.1) is 0 Å². The molecule has 96 valence electrons. The maximum Gasteiger partial charge on any atom is 0.240 e. The van der Waals surface area contributed by atoms with Gasteiger partial charge in [0.05, 0.1) is 18.4 Å². The van der Waals surface area contributed by atoms with Crippen LogP contribution in [0.5, 0.6) is 0 Å². The summed E-state index contributed by atoms with van der Waals surface area (Å²) in [7, 11) is -3.56. The predicted octanol–water partition coefficient (Wildman–Crippen LogP) is 1.01. The highest BCUT2D eigenvalue weighted by Crippen LogP contribution is 2.26. The van der Waals surface area contributed by atoms with Gasteiger partial charge in [0.1, 0.15) is 5.58 Å². The molecule has 1 amide bonds. The fourth-order valence-electron chi connectivity index (χ4n) is 1.64. The summed E-state index contributed by atoms with van der Waals surface area (Å²) in [6.07, 6.45) is 5.54. The summed E-state index contributed by atoms with van der Waals surface area (Å²) in [5.41, 5.74) is 1.22. The summed E-state index contributed by atoms with van der Waals surface area (Å²) in [5, 5.41) is 0.702. The van der Waals surface area contributed by atoms with Crippen LogP contribution < -0.4 is 4.72 Å². The summed E-state index contributed by atoms with van der Waals surface area (Å²) in [5.74, 6) is -1.23. The molecule has 1 N–H and O–H groups in total. The summed E-state index contributed by atoms with van der Waals surface area (Å²) in [4.78, 5) is 15.7. The highest BCUT2D eigenvalue weighted by atomic mass is 32.2. The van der Waals surface area contributed by atoms with E-state index in [-0.39, 0.29) is 0 Å². The van der Waals surface area contributed by atoms with Gasteiger partial charge in [0.25, 0.3) is 0 Å². The van der Waals surface area contributed by atoms with Crippen molar-refractivity contribution in [2.24, 2.45) is 0 Å². The molecule has 0 radical (unpaired) electrons. The second-order valence-electron chi connectivity index (χ2n) is 4.02. The molecule has 2 aromatic rings. The van der Waals surface area contributed by atoms with Crippen molar-refractivity contribution in [3.8, 4) is 0 Å². The Morgan fingerprint density at radius 2 is 2.22 bits per heavy atom. The van der Waals surface area contributed by atoms with E-state index in [2.05, 4.69) is 4.98 Å². The third kappa shape index (κ3) is 2.51. The molecule has 0 saturated carbocycles. The van der Waals surface area contributed by atoms with Crippen molar-refractivity contribution in [1.82, 2.24) is 9.71 Å². The lowest BCUT2D eigenvalue weighted by Crippen LogP contribution is -2.32. The summed E-state index contributed by atoms with van der Waals surface area (Å²) >= 11 is 0. The van der Waals surface area contributed by atoms with Crippen LogP contribution in [0.1, 0.15) is 18.4 Å². The van der Waals surface area contributed by atoms with Crippen molar-refractivity contribution in [3.05, 3.63) is 30.3 Å². The third-order valence-electron chi connectivity index (χ3n) is 2.55. The average molecular weight is 268 g/mol. The maximum atomic E-state index is 11.7. The van der Waals surface area contributed by atoms with Gasteiger partial charge in [-0.3, -0.25) is 14.5 Å². The molecule has 0 fully saturated rings. The minimum absolute atomic E-state index is 0.593. The summed E-state index contributed by atoms with van der Waals surface area (Å²) in [6, 6.07) is 1.68. The van der Waals surface area contributed by atoms with E-state index in [1.54, 1.807) is 25.4 Å². The van der Waals surface area contributed by atoms with Crippen LogP contribution >= 0.6 is 0 Å². The van der Waals surface area contributed by atoms with Gasteiger partial charge < -0.3 is 4.42 Å². The monoisotopic (exact) mass is 268 g/mol. The van der Waals surface area contributed by atoms with E-state index in [0.717, 1.165) is 6.26 Å². The van der Waals surface area contributed by atoms with E-state index < -0.39 is 21.8 Å². The van der Waals surface area contributed by atoms with Gasteiger partial charge in [0.15, 0.2) is 0 Å². The fraction of sp³-hybridized carbons (Fsp3) is 0.273. The molecule has 7 heteroatoms. The van der Waals surface area contributed by atoms with Crippen LogP contribution in [-0.4, -0.2) is 25.6 Å². The van der Waals surface area contributed by atoms with Crippen molar-refractivity contribution >= 4 is 26.9 Å². The number of carbonyl (C=O) groups excluding carboxylic acids is 1. The molecule has 0 spiro atoms. The second kappa shape index (κ2) is 4.41. The molecule has 0 aliphatic heterocycles. The number of aromatic nitrogens is 1. The maximum absolute atomic E-state index is 11.7. The lowest BCUT2D eigenvalue weighted by molar-refractivity contribution is -0.120. The minimum atomic E-state index is -3.56. The average Bonchev–Trinajstić information content (AvgIpc) is 2.69. The Balaban J connectivity index is 2.34. The number of nitrogens with zero attached hydrogens (tertiary/aromatic N) is 1. The Kier molecular flexibility index (Phi) is 3.08. The number of pyridine rings is 1. The van der Waals surface area contributed by atoms with Gasteiger partial charge in [-0.1, -0.05) is 0 Å². The predicted molar refractivity (Wildman–Crippen MR) is 65.4 cm³/mol. The molecular formula is C11H12N2O4S. The highest BCUT2D eigenvalue weighted by molar-refractivity contribution is 7.89. The van der Waals surface area contributed by atoms with E-state index in [1.807, 2.05) is 4.72 Å². The van der Waals surface area contributed by atoms with Crippen LogP contribution in [0.15, 0.2) is 29.1 Å². The van der Waals surface area contributed by atoms with Crippen molar-refractivity contribution < 1.29 is 17.6 Å². The van der Waals surface area contributed by atoms with Crippen LogP contribution in [0.25, 0.3) is 11.0 Å². The lowest BCUT2D eigenvalue weighted by atomic mass is 10.0. The van der Waals surface area contributed by atoms with Crippen LogP contribution in [0.4, 0.5) is 0 Å². The molecule has 2 rings (SSSR count). The Bertz CT molecular complexity index is 690. The molecule has 0 aromatic carbocycles. The first-order valence-corrected chi connectivity index (χ1v) is 7.10. The number of hydrogen-bond acceptors (Lipinski definition) is 5. The molecule has 1 unspecified atom stereocenters. The van der Waals surface area contributed by atoms with E-state index in [1.165, 1.54) is 6.26 Å². The van der Waals surface area contributed by atoms with E-state index >= 15 is 0 Å². The molecule has 0 bridgehead atoms. The topological polar surface area (TPSA) is 89.3 Å². The van der Waals surface area contributed by atoms with E-state index in [0.29, 0.717) is 16.5 Å². The zero-order chi connectivity index (χ0) is 13.3. The van der Waals surface area contributed by atoms with Gasteiger partial charge >= 0.3 is 0 Å². The zero-order valence-corrected chi connectivity index (χ0v) is 10.7. The molecule has 18 heavy (non-hydrogen) atoms. The number of carbonyl (C=O) groups is 1. The summed E-state index contributed by atoms with van der Waals surface area (Å²) in [6.45, 7) is 1.61.